The van der Waals surface area contributed by atoms with Crippen molar-refractivity contribution in [3.8, 4) is 0 Å². The number of benzene rings is 2. The molecule has 0 spiro atoms. The van der Waals surface area contributed by atoms with Gasteiger partial charge in [0.15, 0.2) is 0 Å². The molecule has 0 saturated carbocycles. The summed E-state index contributed by atoms with van der Waals surface area (Å²) in [6.45, 7) is 2.37. The molecule has 154 valence electrons. The number of aliphatic hydroxyl groups excluding tert-OH is 1. The number of carbonyl (C=O) groups excluding carboxylic acids is 1. The van der Waals surface area contributed by atoms with E-state index in [0.29, 0.717) is 44.5 Å². The molecule has 1 amide bonds. The number of β-amino-alcohol motifs (C(OH)–C–C–N with tert-alkyl or cyclic N) is 1. The summed E-state index contributed by atoms with van der Waals surface area (Å²) in [4.78, 5) is 15.7. The lowest BCUT2D eigenvalue weighted by Gasteiger charge is -2.39. The molecular weight excluding hydrogens is 371 g/mol. The highest BCUT2D eigenvalue weighted by Gasteiger charge is 2.36. The second kappa shape index (κ2) is 8.22. The largest absolute Gasteiger partial charge is 0.387 e. The maximum atomic E-state index is 14.1. The number of aliphatic hydroxyl groups is 2. The van der Waals surface area contributed by atoms with Crippen LogP contribution in [-0.4, -0.2) is 47.2 Å². The van der Waals surface area contributed by atoms with Crippen LogP contribution < -0.4 is 4.90 Å². The van der Waals surface area contributed by atoms with Crippen LogP contribution >= 0.6 is 0 Å². The zero-order valence-corrected chi connectivity index (χ0v) is 16.4. The lowest BCUT2D eigenvalue weighted by atomic mass is 9.84. The van der Waals surface area contributed by atoms with Crippen LogP contribution in [0.4, 0.5) is 10.1 Å². The molecule has 0 aromatic heterocycles. The Morgan fingerprint density at radius 2 is 1.72 bits per heavy atom. The minimum absolute atomic E-state index is 0.147. The fraction of sp³-hybridized carbons (Fsp3) is 0.435. The predicted molar refractivity (Wildman–Crippen MR) is 109 cm³/mol. The Morgan fingerprint density at radius 1 is 1.03 bits per heavy atom. The van der Waals surface area contributed by atoms with Crippen LogP contribution in [-0.2, 0) is 10.4 Å². The average molecular weight is 398 g/mol. The monoisotopic (exact) mass is 398 g/mol. The van der Waals surface area contributed by atoms with E-state index in [-0.39, 0.29) is 11.7 Å². The molecule has 0 unspecified atom stereocenters. The molecule has 0 aliphatic carbocycles. The lowest BCUT2D eigenvalue weighted by Crippen LogP contribution is -2.44. The lowest BCUT2D eigenvalue weighted by molar-refractivity contribution is -0.117. The van der Waals surface area contributed by atoms with Crippen molar-refractivity contribution in [2.45, 2.75) is 37.4 Å². The highest BCUT2D eigenvalue weighted by molar-refractivity contribution is 5.95. The van der Waals surface area contributed by atoms with Crippen LogP contribution in [0.25, 0.3) is 0 Å². The molecular formula is C23H27FN2O3. The van der Waals surface area contributed by atoms with Crippen LogP contribution in [0.3, 0.4) is 0 Å². The van der Waals surface area contributed by atoms with Gasteiger partial charge in [-0.2, -0.15) is 0 Å². The number of halogens is 1. The van der Waals surface area contributed by atoms with Gasteiger partial charge in [0.1, 0.15) is 5.82 Å². The summed E-state index contributed by atoms with van der Waals surface area (Å²) in [6, 6.07) is 13.9. The fourth-order valence-electron chi connectivity index (χ4n) is 4.36. The third kappa shape index (κ3) is 4.20. The number of amides is 1. The van der Waals surface area contributed by atoms with Crippen LogP contribution in [0.2, 0.25) is 0 Å². The van der Waals surface area contributed by atoms with Crippen molar-refractivity contribution >= 4 is 11.6 Å². The van der Waals surface area contributed by atoms with Gasteiger partial charge in [0.05, 0.1) is 11.7 Å². The molecule has 1 atom stereocenters. The molecule has 2 fully saturated rings. The predicted octanol–water partition coefficient (Wildman–Crippen LogP) is 2.97. The summed E-state index contributed by atoms with van der Waals surface area (Å²) in [7, 11) is 0. The van der Waals surface area contributed by atoms with Crippen LogP contribution in [0.1, 0.15) is 42.9 Å². The normalized spacial score (nSPS) is 20.8. The Kier molecular flexibility index (Phi) is 5.67. The maximum Gasteiger partial charge on any atom is 0.227 e. The number of nitrogens with zero attached hydrogens (tertiary/aromatic N) is 2. The second-order valence-electron chi connectivity index (χ2n) is 8.07. The summed E-state index contributed by atoms with van der Waals surface area (Å²) in [5.41, 5.74) is 0.871. The molecule has 2 aliphatic rings. The molecule has 2 aliphatic heterocycles. The quantitative estimate of drug-likeness (QED) is 0.813. The molecule has 2 aromatic carbocycles. The number of rotatable bonds is 5. The molecule has 2 aromatic rings. The summed E-state index contributed by atoms with van der Waals surface area (Å²) >= 11 is 0. The summed E-state index contributed by atoms with van der Waals surface area (Å²) in [5, 5.41) is 21.5. The number of likely N-dealkylation sites (tertiary alicyclic amines) is 1. The molecule has 6 heteroatoms. The van der Waals surface area contributed by atoms with E-state index in [4.69, 9.17) is 0 Å². The zero-order valence-electron chi connectivity index (χ0n) is 16.4. The van der Waals surface area contributed by atoms with Gasteiger partial charge in [-0.25, -0.2) is 4.39 Å². The van der Waals surface area contributed by atoms with Crippen molar-refractivity contribution in [3.05, 3.63) is 65.5 Å². The standard InChI is InChI=1S/C23H27FN2O3/c24-20-5-2-1-4-19(20)23(29)11-14-25(15-12-23)16-21(27)17-7-9-18(10-8-17)26-13-3-6-22(26)28/h1-2,4-5,7-10,21,27,29H,3,6,11-16H2/t21-/m1/s1. The first kappa shape index (κ1) is 20.0. The summed E-state index contributed by atoms with van der Waals surface area (Å²) < 4.78 is 14.1. The molecule has 0 radical (unpaired) electrons. The van der Waals surface area contributed by atoms with E-state index in [0.717, 1.165) is 24.2 Å². The second-order valence-corrected chi connectivity index (χ2v) is 8.07. The van der Waals surface area contributed by atoms with E-state index < -0.39 is 11.7 Å². The van der Waals surface area contributed by atoms with Crippen LogP contribution in [0.15, 0.2) is 48.5 Å². The third-order valence-electron chi connectivity index (χ3n) is 6.15. The van der Waals surface area contributed by atoms with Gasteiger partial charge in [-0.1, -0.05) is 30.3 Å². The van der Waals surface area contributed by atoms with Crippen molar-refractivity contribution in [1.82, 2.24) is 4.90 Å². The highest BCUT2D eigenvalue weighted by atomic mass is 19.1. The first-order valence-corrected chi connectivity index (χ1v) is 10.2. The van der Waals surface area contributed by atoms with Crippen molar-refractivity contribution in [2.24, 2.45) is 0 Å². The van der Waals surface area contributed by atoms with Crippen molar-refractivity contribution < 1.29 is 19.4 Å². The average Bonchev–Trinajstić information content (AvgIpc) is 3.16. The van der Waals surface area contributed by atoms with E-state index in [1.54, 1.807) is 23.1 Å². The maximum absolute atomic E-state index is 14.1. The Morgan fingerprint density at radius 3 is 2.34 bits per heavy atom. The van der Waals surface area contributed by atoms with Gasteiger partial charge in [-0.15, -0.1) is 0 Å². The number of anilines is 1. The van der Waals surface area contributed by atoms with Gasteiger partial charge < -0.3 is 20.0 Å². The van der Waals surface area contributed by atoms with E-state index in [1.165, 1.54) is 6.07 Å². The molecule has 2 heterocycles. The molecule has 0 bridgehead atoms. The van der Waals surface area contributed by atoms with Gasteiger partial charge >= 0.3 is 0 Å². The van der Waals surface area contributed by atoms with Crippen LogP contribution in [0.5, 0.6) is 0 Å². The summed E-state index contributed by atoms with van der Waals surface area (Å²) in [5.74, 6) is -0.228. The SMILES string of the molecule is O=C1CCCN1c1ccc([C@H](O)CN2CCC(O)(c3ccccc3F)CC2)cc1. The molecule has 2 N–H and O–H groups in total. The van der Waals surface area contributed by atoms with Crippen molar-refractivity contribution in [3.63, 3.8) is 0 Å². The van der Waals surface area contributed by atoms with Crippen LogP contribution in [0, 0.1) is 5.82 Å². The summed E-state index contributed by atoms with van der Waals surface area (Å²) in [6.07, 6.45) is 1.68. The van der Waals surface area contributed by atoms with E-state index in [9.17, 15) is 19.4 Å². The van der Waals surface area contributed by atoms with Gasteiger partial charge in [0.2, 0.25) is 5.91 Å². The fourth-order valence-corrected chi connectivity index (χ4v) is 4.36. The van der Waals surface area contributed by atoms with E-state index in [2.05, 4.69) is 4.90 Å². The Hall–Kier alpha value is -2.28. The third-order valence-corrected chi connectivity index (χ3v) is 6.15. The zero-order chi connectivity index (χ0) is 20.4. The minimum atomic E-state index is -1.16. The Balaban J connectivity index is 1.34. The highest BCUT2D eigenvalue weighted by Crippen LogP contribution is 2.35. The molecule has 4 rings (SSSR count). The number of hydrogen-bond donors (Lipinski definition) is 2. The first-order chi connectivity index (χ1) is 14.0. The minimum Gasteiger partial charge on any atom is -0.387 e. The Bertz CT molecular complexity index is 863. The number of carbonyl (C=O) groups is 1. The Labute approximate surface area is 170 Å². The van der Waals surface area contributed by atoms with Gasteiger partial charge in [0, 0.05) is 43.9 Å². The van der Waals surface area contributed by atoms with E-state index in [1.807, 2.05) is 24.3 Å². The molecule has 29 heavy (non-hydrogen) atoms. The number of piperidine rings is 1. The number of hydrogen-bond acceptors (Lipinski definition) is 4. The smallest absolute Gasteiger partial charge is 0.227 e. The first-order valence-electron chi connectivity index (χ1n) is 10.2. The van der Waals surface area contributed by atoms with Gasteiger partial charge in [0.25, 0.3) is 0 Å². The topological polar surface area (TPSA) is 64.0 Å². The van der Waals surface area contributed by atoms with Crippen molar-refractivity contribution in [1.29, 1.82) is 0 Å². The van der Waals surface area contributed by atoms with Crippen molar-refractivity contribution in [2.75, 3.05) is 31.1 Å². The van der Waals surface area contributed by atoms with Gasteiger partial charge in [-0.3, -0.25) is 4.79 Å². The molecule has 5 nitrogen and oxygen atoms in total. The van der Waals surface area contributed by atoms with E-state index >= 15 is 0 Å². The molecule has 2 saturated heterocycles. The van der Waals surface area contributed by atoms with Gasteiger partial charge in [-0.05, 0) is 43.0 Å².